The summed E-state index contributed by atoms with van der Waals surface area (Å²) in [6.45, 7) is 4.31. The fourth-order valence-electron chi connectivity index (χ4n) is 1.76. The smallest absolute Gasteiger partial charge is 0.222 e. The van der Waals surface area contributed by atoms with Crippen LogP contribution in [0.3, 0.4) is 0 Å². The minimum Gasteiger partial charge on any atom is -0.357 e. The maximum atomic E-state index is 4.56. The van der Waals surface area contributed by atoms with E-state index in [0.29, 0.717) is 11.9 Å². The summed E-state index contributed by atoms with van der Waals surface area (Å²) < 4.78 is 0. The first-order valence-electron chi connectivity index (χ1n) is 5.82. The number of anilines is 1. The minimum absolute atomic E-state index is 0.413. The minimum atomic E-state index is 0.413. The van der Waals surface area contributed by atoms with Gasteiger partial charge in [0.2, 0.25) is 5.95 Å². The first-order chi connectivity index (χ1) is 8.22. The average molecular weight is 227 g/mol. The molecule has 0 fully saturated rings. The quantitative estimate of drug-likeness (QED) is 0.874. The van der Waals surface area contributed by atoms with Gasteiger partial charge in [-0.25, -0.2) is 9.97 Å². The maximum absolute atomic E-state index is 4.56. The Labute approximate surface area is 102 Å². The van der Waals surface area contributed by atoms with E-state index >= 15 is 0 Å². The molecule has 2 rings (SSSR count). The monoisotopic (exact) mass is 227 g/mol. The van der Waals surface area contributed by atoms with E-state index in [0.717, 1.165) is 11.3 Å². The molecule has 2 aromatic rings. The van der Waals surface area contributed by atoms with Crippen molar-refractivity contribution < 1.29 is 0 Å². The zero-order chi connectivity index (χ0) is 12.3. The van der Waals surface area contributed by atoms with E-state index in [-0.39, 0.29) is 0 Å². The van der Waals surface area contributed by atoms with Gasteiger partial charge >= 0.3 is 0 Å². The molecular weight excluding hydrogens is 210 g/mol. The summed E-state index contributed by atoms with van der Waals surface area (Å²) in [6.07, 6.45) is 1.91. The molecule has 1 aromatic heterocycles. The van der Waals surface area contributed by atoms with Gasteiger partial charge in [-0.3, -0.25) is 0 Å². The Kier molecular flexibility index (Phi) is 3.38. The van der Waals surface area contributed by atoms with E-state index < -0.39 is 0 Å². The van der Waals surface area contributed by atoms with Crippen molar-refractivity contribution in [1.82, 2.24) is 9.97 Å². The van der Waals surface area contributed by atoms with Gasteiger partial charge < -0.3 is 5.32 Å². The second kappa shape index (κ2) is 4.95. The predicted molar refractivity (Wildman–Crippen MR) is 71.1 cm³/mol. The summed E-state index contributed by atoms with van der Waals surface area (Å²) in [6, 6.07) is 10.2. The van der Waals surface area contributed by atoms with Gasteiger partial charge in [-0.15, -0.1) is 0 Å². The number of hydrogen-bond donors (Lipinski definition) is 1. The Morgan fingerprint density at radius 1 is 1.12 bits per heavy atom. The van der Waals surface area contributed by atoms with Gasteiger partial charge in [0.25, 0.3) is 0 Å². The number of hydrogen-bond acceptors (Lipinski definition) is 3. The summed E-state index contributed by atoms with van der Waals surface area (Å²) in [5.41, 5.74) is 3.32. The molecule has 3 nitrogen and oxygen atoms in total. The molecule has 0 spiro atoms. The van der Waals surface area contributed by atoms with Crippen LogP contribution in [-0.4, -0.2) is 17.0 Å². The summed E-state index contributed by atoms with van der Waals surface area (Å²) in [5.74, 6) is 1.07. The van der Waals surface area contributed by atoms with E-state index in [1.807, 2.05) is 31.4 Å². The largest absolute Gasteiger partial charge is 0.357 e. The lowest BCUT2D eigenvalue weighted by atomic mass is 9.99. The molecule has 1 N–H and O–H groups in total. The summed E-state index contributed by atoms with van der Waals surface area (Å²) in [7, 11) is 1.83. The van der Waals surface area contributed by atoms with Crippen LogP contribution in [0, 0.1) is 0 Å². The van der Waals surface area contributed by atoms with Crippen molar-refractivity contribution in [2.45, 2.75) is 19.8 Å². The molecule has 0 aliphatic carbocycles. The molecule has 0 bridgehead atoms. The molecule has 88 valence electrons. The number of benzene rings is 1. The van der Waals surface area contributed by atoms with Crippen LogP contribution in [0.15, 0.2) is 36.5 Å². The third-order valence-electron chi connectivity index (χ3n) is 2.71. The van der Waals surface area contributed by atoms with Crippen LogP contribution >= 0.6 is 0 Å². The van der Waals surface area contributed by atoms with E-state index in [9.17, 15) is 0 Å². The standard InChI is InChI=1S/C14H17N3/c1-10(2)12-9-16-14(15-3)17-13(12)11-7-5-4-6-8-11/h4-10H,1-3H3,(H,15,16,17). The van der Waals surface area contributed by atoms with Gasteiger partial charge in [-0.05, 0) is 11.5 Å². The van der Waals surface area contributed by atoms with Crippen LogP contribution in [0.2, 0.25) is 0 Å². The van der Waals surface area contributed by atoms with Crippen molar-refractivity contribution in [3.63, 3.8) is 0 Å². The Balaban J connectivity index is 2.57. The highest BCUT2D eigenvalue weighted by molar-refractivity contribution is 5.64. The van der Waals surface area contributed by atoms with Crippen LogP contribution < -0.4 is 5.32 Å². The molecule has 0 aliphatic rings. The summed E-state index contributed by atoms with van der Waals surface area (Å²) in [5, 5.41) is 2.98. The van der Waals surface area contributed by atoms with Gasteiger partial charge in [0.15, 0.2) is 0 Å². The third-order valence-corrected chi connectivity index (χ3v) is 2.71. The van der Waals surface area contributed by atoms with Crippen molar-refractivity contribution in [3.8, 4) is 11.3 Å². The summed E-state index contributed by atoms with van der Waals surface area (Å²) in [4.78, 5) is 8.84. The molecule has 0 aliphatic heterocycles. The van der Waals surface area contributed by atoms with Gasteiger partial charge in [-0.1, -0.05) is 44.2 Å². The van der Waals surface area contributed by atoms with Crippen LogP contribution in [0.25, 0.3) is 11.3 Å². The molecule has 1 aromatic carbocycles. The molecule has 0 atom stereocenters. The molecule has 17 heavy (non-hydrogen) atoms. The van der Waals surface area contributed by atoms with E-state index in [2.05, 4.69) is 41.3 Å². The fourth-order valence-corrected chi connectivity index (χ4v) is 1.76. The SMILES string of the molecule is CNc1ncc(C(C)C)c(-c2ccccc2)n1. The topological polar surface area (TPSA) is 37.8 Å². The Morgan fingerprint density at radius 2 is 1.82 bits per heavy atom. The van der Waals surface area contributed by atoms with Crippen molar-refractivity contribution in [2.24, 2.45) is 0 Å². The fraction of sp³-hybridized carbons (Fsp3) is 0.286. The molecule has 3 heteroatoms. The molecule has 0 saturated carbocycles. The van der Waals surface area contributed by atoms with E-state index in [4.69, 9.17) is 0 Å². The molecular formula is C14H17N3. The Bertz CT molecular complexity index is 492. The van der Waals surface area contributed by atoms with Gasteiger partial charge in [0.05, 0.1) is 5.69 Å². The molecule has 0 amide bonds. The lowest BCUT2D eigenvalue weighted by molar-refractivity contribution is 0.850. The molecule has 0 radical (unpaired) electrons. The Morgan fingerprint density at radius 3 is 2.41 bits per heavy atom. The first kappa shape index (κ1) is 11.6. The lowest BCUT2D eigenvalue weighted by Gasteiger charge is -2.12. The highest BCUT2D eigenvalue weighted by Gasteiger charge is 2.11. The van der Waals surface area contributed by atoms with Crippen LogP contribution in [-0.2, 0) is 0 Å². The van der Waals surface area contributed by atoms with Crippen molar-refractivity contribution >= 4 is 5.95 Å². The van der Waals surface area contributed by atoms with Crippen molar-refractivity contribution in [2.75, 3.05) is 12.4 Å². The van der Waals surface area contributed by atoms with Crippen molar-refractivity contribution in [3.05, 3.63) is 42.1 Å². The highest BCUT2D eigenvalue weighted by atomic mass is 15.1. The van der Waals surface area contributed by atoms with E-state index in [1.165, 1.54) is 5.56 Å². The zero-order valence-electron chi connectivity index (χ0n) is 10.4. The predicted octanol–water partition coefficient (Wildman–Crippen LogP) is 3.31. The highest BCUT2D eigenvalue weighted by Crippen LogP contribution is 2.27. The second-order valence-electron chi connectivity index (χ2n) is 4.27. The number of nitrogens with zero attached hydrogens (tertiary/aromatic N) is 2. The third kappa shape index (κ3) is 2.44. The van der Waals surface area contributed by atoms with Crippen molar-refractivity contribution in [1.29, 1.82) is 0 Å². The van der Waals surface area contributed by atoms with Gasteiger partial charge in [-0.2, -0.15) is 0 Å². The number of aromatic nitrogens is 2. The summed E-state index contributed by atoms with van der Waals surface area (Å²) >= 11 is 0. The van der Waals surface area contributed by atoms with Gasteiger partial charge in [0.1, 0.15) is 0 Å². The molecule has 0 saturated heterocycles. The maximum Gasteiger partial charge on any atom is 0.222 e. The lowest BCUT2D eigenvalue weighted by Crippen LogP contribution is -2.02. The van der Waals surface area contributed by atoms with Gasteiger partial charge in [0, 0.05) is 18.8 Å². The number of rotatable bonds is 3. The van der Waals surface area contributed by atoms with Crippen LogP contribution in [0.5, 0.6) is 0 Å². The second-order valence-corrected chi connectivity index (χ2v) is 4.27. The van der Waals surface area contributed by atoms with Crippen LogP contribution in [0.1, 0.15) is 25.3 Å². The number of nitrogens with one attached hydrogen (secondary N) is 1. The van der Waals surface area contributed by atoms with E-state index in [1.54, 1.807) is 0 Å². The Hall–Kier alpha value is -1.90. The average Bonchev–Trinajstić information content (AvgIpc) is 2.39. The molecule has 1 heterocycles. The molecule has 0 unspecified atom stereocenters. The zero-order valence-corrected chi connectivity index (χ0v) is 10.4. The first-order valence-corrected chi connectivity index (χ1v) is 5.82. The normalized spacial score (nSPS) is 10.6. The van der Waals surface area contributed by atoms with Crippen LogP contribution in [0.4, 0.5) is 5.95 Å².